The van der Waals surface area contributed by atoms with Gasteiger partial charge in [-0.15, -0.1) is 11.8 Å². The normalized spacial score (nSPS) is 13.8. The third-order valence-corrected chi connectivity index (χ3v) is 5.67. The molecule has 0 saturated heterocycles. The van der Waals surface area contributed by atoms with Gasteiger partial charge in [-0.25, -0.2) is 0 Å². The van der Waals surface area contributed by atoms with Crippen LogP contribution in [-0.4, -0.2) is 29.7 Å². The standard InChI is InChI=1S/C21H31NO2S/c1-2-3-7-12-22-13-8-4-9-14-25-20-11-6-5-10-19(20)21(24)17-15-18(23)16-17/h5-6,10-11,22,24H,2-4,7-9,12-16H2,1H3. The maximum absolute atomic E-state index is 11.1. The summed E-state index contributed by atoms with van der Waals surface area (Å²) in [6.45, 7) is 4.50. The predicted molar refractivity (Wildman–Crippen MR) is 107 cm³/mol. The van der Waals surface area contributed by atoms with Gasteiger partial charge in [0.2, 0.25) is 0 Å². The number of nitrogens with one attached hydrogen (secondary N) is 1. The minimum Gasteiger partial charge on any atom is -0.507 e. The molecule has 1 aromatic carbocycles. The lowest BCUT2D eigenvalue weighted by Crippen LogP contribution is -2.16. The lowest BCUT2D eigenvalue weighted by molar-refractivity contribution is -0.120. The van der Waals surface area contributed by atoms with Crippen LogP contribution in [0, 0.1) is 0 Å². The van der Waals surface area contributed by atoms with Crippen LogP contribution in [0.15, 0.2) is 34.7 Å². The molecule has 0 aromatic heterocycles. The molecule has 2 N–H and O–H groups in total. The van der Waals surface area contributed by atoms with Crippen LogP contribution in [0.5, 0.6) is 0 Å². The Morgan fingerprint density at radius 3 is 2.52 bits per heavy atom. The van der Waals surface area contributed by atoms with Crippen molar-refractivity contribution in [2.45, 2.75) is 63.2 Å². The Morgan fingerprint density at radius 1 is 1.08 bits per heavy atom. The number of aliphatic hydroxyl groups excluding tert-OH is 1. The number of benzene rings is 1. The number of Topliss-reactive ketones (excluding diaryl/α,β-unsaturated/α-hetero) is 1. The first kappa shape index (κ1) is 20.1. The van der Waals surface area contributed by atoms with Crippen molar-refractivity contribution < 1.29 is 9.90 Å². The van der Waals surface area contributed by atoms with E-state index in [-0.39, 0.29) is 5.78 Å². The van der Waals surface area contributed by atoms with Crippen molar-refractivity contribution in [3.63, 3.8) is 0 Å². The van der Waals surface area contributed by atoms with Gasteiger partial charge in [-0.05, 0) is 49.7 Å². The summed E-state index contributed by atoms with van der Waals surface area (Å²) in [5, 5.41) is 13.9. The number of carbonyl (C=O) groups excluding carboxylic acids is 1. The second kappa shape index (κ2) is 11.4. The zero-order chi connectivity index (χ0) is 17.9. The molecule has 0 heterocycles. The Bertz CT molecular complexity index is 573. The highest BCUT2D eigenvalue weighted by Gasteiger charge is 2.24. The summed E-state index contributed by atoms with van der Waals surface area (Å²) in [6.07, 6.45) is 8.36. The van der Waals surface area contributed by atoms with E-state index in [1.54, 1.807) is 11.8 Å². The van der Waals surface area contributed by atoms with Crippen LogP contribution in [-0.2, 0) is 4.79 Å². The predicted octanol–water partition coefficient (Wildman–Crippen LogP) is 5.36. The number of unbranched alkanes of at least 4 members (excludes halogenated alkanes) is 4. The molecule has 0 spiro atoms. The van der Waals surface area contributed by atoms with Crippen molar-refractivity contribution in [2.24, 2.45) is 0 Å². The number of aliphatic hydroxyl groups is 1. The molecular formula is C21H31NO2S. The van der Waals surface area contributed by atoms with Gasteiger partial charge in [-0.2, -0.15) is 0 Å². The van der Waals surface area contributed by atoms with Gasteiger partial charge in [0.05, 0.1) is 0 Å². The van der Waals surface area contributed by atoms with Gasteiger partial charge < -0.3 is 10.4 Å². The molecule has 0 amide bonds. The molecule has 1 aromatic rings. The largest absolute Gasteiger partial charge is 0.507 e. The van der Waals surface area contributed by atoms with E-state index in [2.05, 4.69) is 18.3 Å². The van der Waals surface area contributed by atoms with Crippen molar-refractivity contribution in [1.29, 1.82) is 0 Å². The minimum absolute atomic E-state index is 0.218. The third kappa shape index (κ3) is 6.87. The van der Waals surface area contributed by atoms with E-state index >= 15 is 0 Å². The van der Waals surface area contributed by atoms with E-state index in [9.17, 15) is 9.90 Å². The van der Waals surface area contributed by atoms with Crippen LogP contribution in [0.4, 0.5) is 0 Å². The van der Waals surface area contributed by atoms with Gasteiger partial charge in [0.15, 0.2) is 0 Å². The summed E-state index contributed by atoms with van der Waals surface area (Å²) in [7, 11) is 0. The van der Waals surface area contributed by atoms with E-state index in [0.29, 0.717) is 18.6 Å². The fraction of sp³-hybridized carbons (Fsp3) is 0.571. The average Bonchev–Trinajstić information content (AvgIpc) is 2.60. The van der Waals surface area contributed by atoms with Crippen LogP contribution in [0.1, 0.15) is 63.9 Å². The number of hydrogen-bond donors (Lipinski definition) is 2. The molecule has 1 saturated carbocycles. The molecule has 25 heavy (non-hydrogen) atoms. The number of allylic oxidation sites excluding steroid dienone is 1. The van der Waals surface area contributed by atoms with E-state index in [1.165, 1.54) is 38.5 Å². The molecule has 2 rings (SSSR count). The summed E-state index contributed by atoms with van der Waals surface area (Å²) in [5.74, 6) is 1.60. The SMILES string of the molecule is CCCCCNCCCCCSc1ccccc1C(O)=C1CC(=O)C1. The molecule has 0 radical (unpaired) electrons. The van der Waals surface area contributed by atoms with Gasteiger partial charge in [0.25, 0.3) is 0 Å². The Balaban J connectivity index is 1.66. The van der Waals surface area contributed by atoms with Crippen molar-refractivity contribution in [1.82, 2.24) is 5.32 Å². The monoisotopic (exact) mass is 361 g/mol. The summed E-state index contributed by atoms with van der Waals surface area (Å²) >= 11 is 1.80. The molecule has 1 aliphatic rings. The average molecular weight is 362 g/mol. The zero-order valence-corrected chi connectivity index (χ0v) is 16.2. The Hall–Kier alpha value is -1.26. The quantitative estimate of drug-likeness (QED) is 0.299. The van der Waals surface area contributed by atoms with E-state index in [4.69, 9.17) is 0 Å². The van der Waals surface area contributed by atoms with Crippen molar-refractivity contribution >= 4 is 23.3 Å². The van der Waals surface area contributed by atoms with Crippen LogP contribution >= 0.6 is 11.8 Å². The highest BCUT2D eigenvalue weighted by Crippen LogP contribution is 2.34. The zero-order valence-electron chi connectivity index (χ0n) is 15.4. The molecule has 1 fully saturated rings. The van der Waals surface area contributed by atoms with Crippen molar-refractivity contribution in [3.05, 3.63) is 35.4 Å². The van der Waals surface area contributed by atoms with Crippen LogP contribution < -0.4 is 5.32 Å². The molecule has 1 aliphatic carbocycles. The fourth-order valence-electron chi connectivity index (χ4n) is 2.91. The van der Waals surface area contributed by atoms with Crippen LogP contribution in [0.25, 0.3) is 5.76 Å². The Morgan fingerprint density at radius 2 is 1.80 bits per heavy atom. The maximum atomic E-state index is 11.1. The molecule has 138 valence electrons. The Kier molecular flexibility index (Phi) is 9.12. The van der Waals surface area contributed by atoms with Gasteiger partial charge in [0.1, 0.15) is 11.5 Å². The summed E-state index contributed by atoms with van der Waals surface area (Å²) in [6, 6.07) is 7.97. The number of thioether (sulfide) groups is 1. The number of rotatable bonds is 12. The van der Waals surface area contributed by atoms with Gasteiger partial charge >= 0.3 is 0 Å². The second-order valence-electron chi connectivity index (χ2n) is 6.71. The fourth-order valence-corrected chi connectivity index (χ4v) is 3.97. The maximum Gasteiger partial charge on any atom is 0.141 e. The second-order valence-corrected chi connectivity index (χ2v) is 7.84. The molecule has 4 heteroatoms. The first-order valence-electron chi connectivity index (χ1n) is 9.58. The van der Waals surface area contributed by atoms with Gasteiger partial charge in [-0.3, -0.25) is 4.79 Å². The molecule has 0 unspecified atom stereocenters. The summed E-state index contributed by atoms with van der Waals surface area (Å²) < 4.78 is 0. The summed E-state index contributed by atoms with van der Waals surface area (Å²) in [4.78, 5) is 12.3. The first-order chi connectivity index (χ1) is 12.2. The molecular weight excluding hydrogens is 330 g/mol. The van der Waals surface area contributed by atoms with E-state index in [0.717, 1.165) is 34.9 Å². The number of hydrogen-bond acceptors (Lipinski definition) is 4. The van der Waals surface area contributed by atoms with E-state index < -0.39 is 0 Å². The lowest BCUT2D eigenvalue weighted by Gasteiger charge is -2.19. The minimum atomic E-state index is 0.218. The summed E-state index contributed by atoms with van der Waals surface area (Å²) in [5.41, 5.74) is 1.76. The third-order valence-electron chi connectivity index (χ3n) is 4.51. The molecule has 0 bridgehead atoms. The Labute approximate surface area is 156 Å². The highest BCUT2D eigenvalue weighted by atomic mass is 32.2. The highest BCUT2D eigenvalue weighted by molar-refractivity contribution is 7.99. The molecule has 3 nitrogen and oxygen atoms in total. The number of carbonyl (C=O) groups is 1. The van der Waals surface area contributed by atoms with Crippen molar-refractivity contribution in [3.8, 4) is 0 Å². The smallest absolute Gasteiger partial charge is 0.141 e. The first-order valence-corrected chi connectivity index (χ1v) is 10.6. The molecule has 0 aliphatic heterocycles. The topological polar surface area (TPSA) is 49.3 Å². The van der Waals surface area contributed by atoms with Crippen LogP contribution in [0.2, 0.25) is 0 Å². The molecule has 0 atom stereocenters. The van der Waals surface area contributed by atoms with Gasteiger partial charge in [0, 0.05) is 23.3 Å². The van der Waals surface area contributed by atoms with Gasteiger partial charge in [-0.1, -0.05) is 44.4 Å². The lowest BCUT2D eigenvalue weighted by atomic mass is 9.88. The van der Waals surface area contributed by atoms with Crippen LogP contribution in [0.3, 0.4) is 0 Å². The van der Waals surface area contributed by atoms with E-state index in [1.807, 2.05) is 18.2 Å². The van der Waals surface area contributed by atoms with Crippen molar-refractivity contribution in [2.75, 3.05) is 18.8 Å². The number of ketones is 1.